The number of nitrogens with zero attached hydrogens (tertiary/aromatic N) is 1. The molecule has 0 aromatic rings. The molecule has 0 radical (unpaired) electrons. The summed E-state index contributed by atoms with van der Waals surface area (Å²) in [6.07, 6.45) is 5.18. The van der Waals surface area contributed by atoms with Crippen molar-refractivity contribution in [3.05, 3.63) is 0 Å². The van der Waals surface area contributed by atoms with Gasteiger partial charge < -0.3 is 10.6 Å². The molecule has 0 spiro atoms. The highest BCUT2D eigenvalue weighted by Gasteiger charge is 2.40. The summed E-state index contributed by atoms with van der Waals surface area (Å²) in [6.45, 7) is 4.99. The first-order valence-electron chi connectivity index (χ1n) is 7.61. The van der Waals surface area contributed by atoms with Crippen molar-refractivity contribution in [3.63, 3.8) is 0 Å². The van der Waals surface area contributed by atoms with Crippen molar-refractivity contribution < 1.29 is 4.79 Å². The van der Waals surface area contributed by atoms with Gasteiger partial charge in [0.2, 0.25) is 5.91 Å². The Kier molecular flexibility index (Phi) is 6.02. The molecule has 0 atom stereocenters. The van der Waals surface area contributed by atoms with E-state index in [0.717, 1.165) is 19.6 Å². The van der Waals surface area contributed by atoms with Crippen LogP contribution in [0, 0.1) is 5.92 Å². The quantitative estimate of drug-likeness (QED) is 0.814. The molecule has 0 aromatic heterocycles. The van der Waals surface area contributed by atoms with E-state index in [2.05, 4.69) is 27.3 Å². The molecule has 1 amide bonds. The molecule has 1 saturated carbocycles. The van der Waals surface area contributed by atoms with Crippen LogP contribution in [0.3, 0.4) is 0 Å². The van der Waals surface area contributed by atoms with E-state index >= 15 is 0 Å². The third-order valence-corrected chi connectivity index (χ3v) is 5.90. The molecule has 20 heavy (non-hydrogen) atoms. The van der Waals surface area contributed by atoms with Crippen LogP contribution in [0.4, 0.5) is 0 Å². The van der Waals surface area contributed by atoms with Crippen LogP contribution < -0.4 is 10.6 Å². The summed E-state index contributed by atoms with van der Waals surface area (Å²) in [5.74, 6) is 2.98. The number of rotatable bonds is 4. The van der Waals surface area contributed by atoms with Gasteiger partial charge in [-0.25, -0.2) is 0 Å². The van der Waals surface area contributed by atoms with E-state index in [9.17, 15) is 4.79 Å². The number of carbonyl (C=O) groups is 1. The number of carbonyl (C=O) groups excluding carboxylic acids is 1. The van der Waals surface area contributed by atoms with Crippen molar-refractivity contribution in [2.75, 3.05) is 44.2 Å². The van der Waals surface area contributed by atoms with Gasteiger partial charge in [-0.15, -0.1) is 12.4 Å². The van der Waals surface area contributed by atoms with E-state index in [0.29, 0.717) is 0 Å². The van der Waals surface area contributed by atoms with Crippen LogP contribution in [-0.4, -0.2) is 60.6 Å². The molecule has 116 valence electrons. The second kappa shape index (κ2) is 7.34. The molecule has 0 unspecified atom stereocenters. The van der Waals surface area contributed by atoms with Gasteiger partial charge in [-0.05, 0) is 12.8 Å². The fourth-order valence-electron chi connectivity index (χ4n) is 3.55. The topological polar surface area (TPSA) is 44.4 Å². The molecule has 6 heteroatoms. The molecule has 2 aliphatic heterocycles. The first kappa shape index (κ1) is 16.4. The highest BCUT2D eigenvalue weighted by molar-refractivity contribution is 7.99. The Morgan fingerprint density at radius 2 is 1.90 bits per heavy atom. The van der Waals surface area contributed by atoms with Crippen molar-refractivity contribution in [1.82, 2.24) is 15.5 Å². The SMILES string of the molecule is Cl.O=C(NCC1(N2CCSCC2)CCCC1)C1CNC1. The largest absolute Gasteiger partial charge is 0.354 e. The van der Waals surface area contributed by atoms with Gasteiger partial charge in [0.15, 0.2) is 0 Å². The summed E-state index contributed by atoms with van der Waals surface area (Å²) in [7, 11) is 0. The molecule has 0 aromatic carbocycles. The maximum Gasteiger partial charge on any atom is 0.225 e. The Labute approximate surface area is 132 Å². The zero-order chi connectivity index (χ0) is 13.1. The van der Waals surface area contributed by atoms with E-state index in [-0.39, 0.29) is 29.8 Å². The molecule has 4 nitrogen and oxygen atoms in total. The first-order valence-corrected chi connectivity index (χ1v) is 8.77. The van der Waals surface area contributed by atoms with E-state index in [1.54, 1.807) is 0 Å². The zero-order valence-electron chi connectivity index (χ0n) is 12.0. The number of halogens is 1. The molecule has 3 aliphatic rings. The van der Waals surface area contributed by atoms with Gasteiger partial charge in [0, 0.05) is 49.8 Å². The van der Waals surface area contributed by atoms with Crippen molar-refractivity contribution in [2.24, 2.45) is 5.92 Å². The first-order chi connectivity index (χ1) is 9.30. The minimum absolute atomic E-state index is 0. The standard InChI is InChI=1S/C14H25N3OS.ClH/c18-13(12-9-15-10-12)16-11-14(3-1-2-4-14)17-5-7-19-8-6-17;/h12,15H,1-11H2,(H,16,18);1H. The van der Waals surface area contributed by atoms with Crippen molar-refractivity contribution >= 4 is 30.1 Å². The lowest BCUT2D eigenvalue weighted by Gasteiger charge is -2.44. The predicted octanol–water partition coefficient (Wildman–Crippen LogP) is 1.11. The highest BCUT2D eigenvalue weighted by Crippen LogP contribution is 2.36. The van der Waals surface area contributed by atoms with Crippen molar-refractivity contribution in [1.29, 1.82) is 0 Å². The van der Waals surface area contributed by atoms with Crippen molar-refractivity contribution in [2.45, 2.75) is 31.2 Å². The summed E-state index contributed by atoms with van der Waals surface area (Å²) in [6, 6.07) is 0. The summed E-state index contributed by atoms with van der Waals surface area (Å²) < 4.78 is 0. The minimum Gasteiger partial charge on any atom is -0.354 e. The number of nitrogens with one attached hydrogen (secondary N) is 2. The fourth-order valence-corrected chi connectivity index (χ4v) is 4.45. The van der Waals surface area contributed by atoms with Crippen LogP contribution >= 0.6 is 24.2 Å². The average Bonchev–Trinajstić information content (AvgIpc) is 2.85. The van der Waals surface area contributed by atoms with E-state index in [4.69, 9.17) is 0 Å². The lowest BCUT2D eigenvalue weighted by Crippen LogP contribution is -2.59. The molecule has 2 heterocycles. The van der Waals surface area contributed by atoms with Crippen LogP contribution in [0.15, 0.2) is 0 Å². The highest BCUT2D eigenvalue weighted by atomic mass is 35.5. The summed E-state index contributed by atoms with van der Waals surface area (Å²) >= 11 is 2.06. The van der Waals surface area contributed by atoms with Crippen LogP contribution in [0.25, 0.3) is 0 Å². The van der Waals surface area contributed by atoms with Gasteiger partial charge in [0.1, 0.15) is 0 Å². The predicted molar refractivity (Wildman–Crippen MR) is 86.7 cm³/mol. The number of hydrogen-bond donors (Lipinski definition) is 2. The lowest BCUT2D eigenvalue weighted by atomic mass is 9.93. The van der Waals surface area contributed by atoms with Gasteiger partial charge in [-0.3, -0.25) is 9.69 Å². The monoisotopic (exact) mass is 319 g/mol. The Hall–Kier alpha value is 0.0300. The molecular weight excluding hydrogens is 294 g/mol. The zero-order valence-corrected chi connectivity index (χ0v) is 13.7. The maximum atomic E-state index is 12.0. The summed E-state index contributed by atoms with van der Waals surface area (Å²) in [4.78, 5) is 14.7. The van der Waals surface area contributed by atoms with Gasteiger partial charge in [-0.1, -0.05) is 12.8 Å². The molecular formula is C14H26ClN3OS. The van der Waals surface area contributed by atoms with Crippen molar-refractivity contribution in [3.8, 4) is 0 Å². The molecule has 3 fully saturated rings. The molecule has 2 N–H and O–H groups in total. The lowest BCUT2D eigenvalue weighted by molar-refractivity contribution is -0.127. The molecule has 2 saturated heterocycles. The molecule has 1 aliphatic carbocycles. The second-order valence-corrected chi connectivity index (χ2v) is 7.33. The number of amides is 1. The number of thioether (sulfide) groups is 1. The average molecular weight is 320 g/mol. The smallest absolute Gasteiger partial charge is 0.225 e. The maximum absolute atomic E-state index is 12.0. The second-order valence-electron chi connectivity index (χ2n) is 6.10. The van der Waals surface area contributed by atoms with Gasteiger partial charge in [-0.2, -0.15) is 11.8 Å². The van der Waals surface area contributed by atoms with E-state index in [1.165, 1.54) is 50.3 Å². The fraction of sp³-hybridized carbons (Fsp3) is 0.929. The summed E-state index contributed by atoms with van der Waals surface area (Å²) in [5, 5.41) is 6.41. The summed E-state index contributed by atoms with van der Waals surface area (Å²) in [5.41, 5.74) is 0.272. The minimum atomic E-state index is 0. The Morgan fingerprint density at radius 3 is 2.45 bits per heavy atom. The van der Waals surface area contributed by atoms with Gasteiger partial charge in [0.05, 0.1) is 5.92 Å². The van der Waals surface area contributed by atoms with Gasteiger partial charge in [0.25, 0.3) is 0 Å². The van der Waals surface area contributed by atoms with Gasteiger partial charge >= 0.3 is 0 Å². The van der Waals surface area contributed by atoms with Crippen LogP contribution in [0.1, 0.15) is 25.7 Å². The van der Waals surface area contributed by atoms with E-state index < -0.39 is 0 Å². The van der Waals surface area contributed by atoms with Crippen LogP contribution in [-0.2, 0) is 4.79 Å². The Morgan fingerprint density at radius 1 is 1.25 bits per heavy atom. The molecule has 0 bridgehead atoms. The van der Waals surface area contributed by atoms with Crippen LogP contribution in [0.2, 0.25) is 0 Å². The number of hydrogen-bond acceptors (Lipinski definition) is 4. The third kappa shape index (κ3) is 3.43. The van der Waals surface area contributed by atoms with Crippen LogP contribution in [0.5, 0.6) is 0 Å². The Balaban J connectivity index is 0.00000147. The Bertz CT molecular complexity index is 326. The normalized spacial score (nSPS) is 26.6. The molecule has 3 rings (SSSR count). The van der Waals surface area contributed by atoms with E-state index in [1.807, 2.05) is 0 Å². The third-order valence-electron chi connectivity index (χ3n) is 4.96.